The highest BCUT2D eigenvalue weighted by molar-refractivity contribution is 7.91. The molecular weight excluding hydrogens is 416 g/mol. The topological polar surface area (TPSA) is 107 Å². The molecule has 31 heavy (non-hydrogen) atoms. The zero-order chi connectivity index (χ0) is 22.0. The maximum atomic E-state index is 12.5. The van der Waals surface area contributed by atoms with E-state index < -0.39 is 21.1 Å². The highest BCUT2D eigenvalue weighted by atomic mass is 32.2. The molecule has 0 saturated carbocycles. The normalized spacial score (nSPS) is 11.8. The van der Waals surface area contributed by atoms with Gasteiger partial charge in [0.05, 0.1) is 23.5 Å². The van der Waals surface area contributed by atoms with Crippen LogP contribution in [-0.4, -0.2) is 33.3 Å². The van der Waals surface area contributed by atoms with Crippen molar-refractivity contribution in [3.05, 3.63) is 92.9 Å². The number of benzene rings is 2. The van der Waals surface area contributed by atoms with Gasteiger partial charge in [-0.15, -0.1) is 0 Å². The third-order valence-electron chi connectivity index (χ3n) is 5.22. The number of sulfone groups is 1. The summed E-state index contributed by atoms with van der Waals surface area (Å²) >= 11 is 0. The lowest BCUT2D eigenvalue weighted by Gasteiger charge is -2.09. The lowest BCUT2D eigenvalue weighted by Crippen LogP contribution is -2.31. The van der Waals surface area contributed by atoms with Gasteiger partial charge in [-0.2, -0.15) is 0 Å². The molecule has 0 radical (unpaired) electrons. The Morgan fingerprint density at radius 2 is 1.65 bits per heavy atom. The SMILES string of the molecule is CCn1cnc2c1c(=O)[nH]c(=O)n2Cc1ccc(CCS(=O)(=O)c2ccccc2)cc1. The van der Waals surface area contributed by atoms with E-state index in [1.54, 1.807) is 41.2 Å². The molecule has 0 amide bonds. The van der Waals surface area contributed by atoms with Crippen molar-refractivity contribution in [3.8, 4) is 0 Å². The molecule has 0 aliphatic carbocycles. The number of H-pyrrole nitrogens is 1. The van der Waals surface area contributed by atoms with Crippen molar-refractivity contribution in [2.75, 3.05) is 5.75 Å². The number of fused-ring (bicyclic) bond motifs is 1. The Hall–Kier alpha value is -3.46. The number of nitrogens with one attached hydrogen (secondary N) is 1. The van der Waals surface area contributed by atoms with Gasteiger partial charge in [0, 0.05) is 6.54 Å². The molecule has 1 N–H and O–H groups in total. The molecule has 0 aliphatic heterocycles. The van der Waals surface area contributed by atoms with Crippen molar-refractivity contribution in [2.45, 2.75) is 31.3 Å². The molecule has 0 saturated heterocycles. The first-order valence-electron chi connectivity index (χ1n) is 9.92. The Balaban J connectivity index is 1.53. The summed E-state index contributed by atoms with van der Waals surface area (Å²) in [6.07, 6.45) is 1.94. The number of aromatic nitrogens is 4. The van der Waals surface area contributed by atoms with Crippen LogP contribution < -0.4 is 11.2 Å². The maximum Gasteiger partial charge on any atom is 0.330 e. The van der Waals surface area contributed by atoms with Gasteiger partial charge in [-0.1, -0.05) is 42.5 Å². The van der Waals surface area contributed by atoms with Crippen LogP contribution >= 0.6 is 0 Å². The Morgan fingerprint density at radius 1 is 0.968 bits per heavy atom. The van der Waals surface area contributed by atoms with Gasteiger partial charge in [-0.05, 0) is 36.6 Å². The van der Waals surface area contributed by atoms with E-state index in [1.807, 2.05) is 31.2 Å². The zero-order valence-corrected chi connectivity index (χ0v) is 17.8. The molecule has 0 fully saturated rings. The Morgan fingerprint density at radius 3 is 2.32 bits per heavy atom. The number of rotatable bonds is 7. The quantitative estimate of drug-likeness (QED) is 0.475. The van der Waals surface area contributed by atoms with Crippen molar-refractivity contribution in [1.82, 2.24) is 19.1 Å². The summed E-state index contributed by atoms with van der Waals surface area (Å²) in [6.45, 7) is 2.71. The van der Waals surface area contributed by atoms with Crippen molar-refractivity contribution >= 4 is 21.0 Å². The van der Waals surface area contributed by atoms with E-state index in [-0.39, 0.29) is 12.3 Å². The summed E-state index contributed by atoms with van der Waals surface area (Å²) in [4.78, 5) is 31.4. The summed E-state index contributed by atoms with van der Waals surface area (Å²) in [5.41, 5.74) is 1.47. The average molecular weight is 439 g/mol. The number of aryl methyl sites for hydroxylation is 2. The minimum Gasteiger partial charge on any atom is -0.325 e. The minimum absolute atomic E-state index is 0.0187. The Kier molecular flexibility index (Phi) is 5.60. The highest BCUT2D eigenvalue weighted by Gasteiger charge is 2.15. The van der Waals surface area contributed by atoms with Crippen LogP contribution in [-0.2, 0) is 29.3 Å². The van der Waals surface area contributed by atoms with Crippen LogP contribution in [0.2, 0.25) is 0 Å². The number of hydrogen-bond donors (Lipinski definition) is 1. The third kappa shape index (κ3) is 4.22. The summed E-state index contributed by atoms with van der Waals surface area (Å²) in [5.74, 6) is 0.0187. The molecule has 2 heterocycles. The molecule has 4 aromatic rings. The smallest absolute Gasteiger partial charge is 0.325 e. The molecule has 2 aromatic carbocycles. The molecule has 4 rings (SSSR count). The van der Waals surface area contributed by atoms with Gasteiger partial charge in [0.15, 0.2) is 21.0 Å². The number of imidazole rings is 1. The van der Waals surface area contributed by atoms with Gasteiger partial charge < -0.3 is 4.57 Å². The van der Waals surface area contributed by atoms with Crippen molar-refractivity contribution in [1.29, 1.82) is 0 Å². The molecule has 0 bridgehead atoms. The lowest BCUT2D eigenvalue weighted by atomic mass is 10.1. The molecule has 8 nitrogen and oxygen atoms in total. The molecule has 0 aliphatic rings. The van der Waals surface area contributed by atoms with Crippen LogP contribution in [0.4, 0.5) is 0 Å². The second-order valence-corrected chi connectivity index (χ2v) is 9.36. The van der Waals surface area contributed by atoms with Crippen LogP contribution in [0.1, 0.15) is 18.1 Å². The maximum absolute atomic E-state index is 12.5. The van der Waals surface area contributed by atoms with Crippen LogP contribution in [0.15, 0.2) is 75.4 Å². The second-order valence-electron chi connectivity index (χ2n) is 7.25. The predicted octanol–water partition coefficient (Wildman–Crippen LogP) is 1.97. The Labute approximate surface area is 178 Å². The molecule has 0 spiro atoms. The van der Waals surface area contributed by atoms with E-state index in [0.717, 1.165) is 11.1 Å². The number of hydrogen-bond acceptors (Lipinski definition) is 5. The molecule has 2 aromatic heterocycles. The van der Waals surface area contributed by atoms with Gasteiger partial charge in [-0.3, -0.25) is 14.3 Å². The van der Waals surface area contributed by atoms with Gasteiger partial charge in [-0.25, -0.2) is 18.2 Å². The van der Waals surface area contributed by atoms with E-state index in [2.05, 4.69) is 9.97 Å². The standard InChI is InChI=1S/C22H22N4O4S/c1-2-25-15-23-20-19(25)21(27)24-22(28)26(20)14-17-10-8-16(9-11-17)12-13-31(29,30)18-6-4-3-5-7-18/h3-11,15H,2,12-14H2,1H3,(H,24,27,28). The van der Waals surface area contributed by atoms with Gasteiger partial charge in [0.25, 0.3) is 5.56 Å². The molecule has 9 heteroatoms. The van der Waals surface area contributed by atoms with Crippen LogP contribution in [0.25, 0.3) is 11.2 Å². The first-order chi connectivity index (χ1) is 14.9. The Bertz CT molecular complexity index is 1430. The fraction of sp³-hybridized carbons (Fsp3) is 0.227. The zero-order valence-electron chi connectivity index (χ0n) is 17.0. The van der Waals surface area contributed by atoms with E-state index in [4.69, 9.17) is 0 Å². The summed E-state index contributed by atoms with van der Waals surface area (Å²) < 4.78 is 28.0. The fourth-order valence-electron chi connectivity index (χ4n) is 3.50. The summed E-state index contributed by atoms with van der Waals surface area (Å²) in [5, 5.41) is 0. The molecule has 0 unspecified atom stereocenters. The third-order valence-corrected chi connectivity index (χ3v) is 6.95. The van der Waals surface area contributed by atoms with Crippen LogP contribution in [0, 0.1) is 0 Å². The van der Waals surface area contributed by atoms with Crippen molar-refractivity contribution in [3.63, 3.8) is 0 Å². The number of aromatic amines is 1. The molecular formula is C22H22N4O4S. The highest BCUT2D eigenvalue weighted by Crippen LogP contribution is 2.14. The van der Waals surface area contributed by atoms with E-state index in [0.29, 0.717) is 29.0 Å². The first kappa shape index (κ1) is 20.8. The largest absolute Gasteiger partial charge is 0.330 e. The van der Waals surface area contributed by atoms with Crippen molar-refractivity contribution < 1.29 is 8.42 Å². The summed E-state index contributed by atoms with van der Waals surface area (Å²) in [7, 11) is -3.34. The molecule has 0 atom stereocenters. The molecule has 160 valence electrons. The lowest BCUT2D eigenvalue weighted by molar-refractivity contribution is 0.595. The van der Waals surface area contributed by atoms with Crippen LogP contribution in [0.3, 0.4) is 0 Å². The average Bonchev–Trinajstić information content (AvgIpc) is 3.21. The van der Waals surface area contributed by atoms with Crippen LogP contribution in [0.5, 0.6) is 0 Å². The number of nitrogens with zero attached hydrogens (tertiary/aromatic N) is 3. The predicted molar refractivity (Wildman–Crippen MR) is 118 cm³/mol. The van der Waals surface area contributed by atoms with E-state index in [9.17, 15) is 18.0 Å². The monoisotopic (exact) mass is 438 g/mol. The van der Waals surface area contributed by atoms with Gasteiger partial charge in [0.2, 0.25) is 0 Å². The minimum atomic E-state index is -3.34. The van der Waals surface area contributed by atoms with E-state index in [1.165, 1.54) is 4.57 Å². The van der Waals surface area contributed by atoms with Gasteiger partial charge in [0.1, 0.15) is 0 Å². The second kappa shape index (κ2) is 8.35. The van der Waals surface area contributed by atoms with Gasteiger partial charge >= 0.3 is 5.69 Å². The van der Waals surface area contributed by atoms with E-state index >= 15 is 0 Å². The summed E-state index contributed by atoms with van der Waals surface area (Å²) in [6, 6.07) is 15.8. The first-order valence-corrected chi connectivity index (χ1v) is 11.6. The van der Waals surface area contributed by atoms with Crippen molar-refractivity contribution in [2.24, 2.45) is 0 Å². The fourth-order valence-corrected chi connectivity index (χ4v) is 4.81.